The van der Waals surface area contributed by atoms with Crippen LogP contribution >= 0.6 is 11.3 Å². The van der Waals surface area contributed by atoms with Crippen LogP contribution in [-0.2, 0) is 6.42 Å². The Hall–Kier alpha value is -2.59. The molecule has 0 fully saturated rings. The summed E-state index contributed by atoms with van der Waals surface area (Å²) in [7, 11) is 0. The van der Waals surface area contributed by atoms with Crippen LogP contribution in [0.15, 0.2) is 10.9 Å². The lowest BCUT2D eigenvalue weighted by atomic mass is 10.1. The molecule has 6 nitrogen and oxygen atoms in total. The zero-order valence-electron chi connectivity index (χ0n) is 11.3. The third kappa shape index (κ3) is 1.69. The van der Waals surface area contributed by atoms with E-state index in [1.54, 1.807) is 6.92 Å². The van der Waals surface area contributed by atoms with Crippen molar-refractivity contribution in [3.8, 4) is 17.6 Å². The second-order valence-corrected chi connectivity index (χ2v) is 5.65. The van der Waals surface area contributed by atoms with Crippen molar-refractivity contribution in [2.45, 2.75) is 20.3 Å². The van der Waals surface area contributed by atoms with Crippen molar-refractivity contribution in [1.29, 1.82) is 5.26 Å². The highest BCUT2D eigenvalue weighted by Crippen LogP contribution is 2.38. The van der Waals surface area contributed by atoms with Gasteiger partial charge >= 0.3 is 0 Å². The Morgan fingerprint density at radius 1 is 1.48 bits per heavy atom. The fraction of sp³-hybridized carbons (Fsp3) is 0.214. The predicted molar refractivity (Wildman–Crippen MR) is 79.0 cm³/mol. The molecule has 0 aliphatic heterocycles. The van der Waals surface area contributed by atoms with Crippen molar-refractivity contribution in [3.05, 3.63) is 33.2 Å². The average molecular weight is 301 g/mol. The second kappa shape index (κ2) is 4.46. The molecule has 2 N–H and O–H groups in total. The monoisotopic (exact) mass is 301 g/mol. The molecule has 3 rings (SSSR count). The number of hydrogen-bond acceptors (Lipinski definition) is 6. The van der Waals surface area contributed by atoms with Crippen molar-refractivity contribution in [1.82, 2.24) is 9.38 Å². The number of hydrogen-bond donors (Lipinski definition) is 2. The standard InChI is InChI=1S/C14H11N3O3S/c1-3-8-7(5-15)13(20)17-11-6(2)12(19)9(18)4-10(11)21-14(17)16-8/h4,18-19H,3H2,1-2H3. The summed E-state index contributed by atoms with van der Waals surface area (Å²) >= 11 is 1.23. The van der Waals surface area contributed by atoms with E-state index in [1.165, 1.54) is 21.8 Å². The molecular weight excluding hydrogens is 290 g/mol. The predicted octanol–water partition coefficient (Wildman–Crippen LogP) is 2.06. The third-order valence-corrected chi connectivity index (χ3v) is 4.44. The van der Waals surface area contributed by atoms with Crippen LogP contribution in [0.4, 0.5) is 0 Å². The Balaban J connectivity index is 2.64. The maximum Gasteiger partial charge on any atom is 0.277 e. The number of nitriles is 1. The minimum atomic E-state index is -0.446. The SMILES string of the molecule is CCc1nc2sc3cc(O)c(O)c(C)c3n2c(=O)c1C#N. The molecule has 3 aromatic rings. The molecule has 0 radical (unpaired) electrons. The van der Waals surface area contributed by atoms with Gasteiger partial charge in [-0.25, -0.2) is 9.38 Å². The molecule has 0 bridgehead atoms. The average Bonchev–Trinajstić information content (AvgIpc) is 2.83. The van der Waals surface area contributed by atoms with Gasteiger partial charge in [0, 0.05) is 11.6 Å². The number of fused-ring (bicyclic) bond motifs is 3. The molecule has 21 heavy (non-hydrogen) atoms. The highest BCUT2D eigenvalue weighted by Gasteiger charge is 2.19. The topological polar surface area (TPSA) is 98.6 Å². The van der Waals surface area contributed by atoms with E-state index in [0.29, 0.717) is 32.9 Å². The summed E-state index contributed by atoms with van der Waals surface area (Å²) < 4.78 is 1.95. The number of benzene rings is 1. The number of phenols is 2. The Morgan fingerprint density at radius 3 is 2.81 bits per heavy atom. The molecule has 0 amide bonds. The van der Waals surface area contributed by atoms with Gasteiger partial charge < -0.3 is 10.2 Å². The quantitative estimate of drug-likeness (QED) is 0.670. The van der Waals surface area contributed by atoms with E-state index in [4.69, 9.17) is 0 Å². The molecule has 0 aliphatic carbocycles. The van der Waals surface area contributed by atoms with E-state index < -0.39 is 5.56 Å². The molecular formula is C14H11N3O3S. The van der Waals surface area contributed by atoms with Gasteiger partial charge in [0.1, 0.15) is 11.6 Å². The zero-order valence-corrected chi connectivity index (χ0v) is 12.2. The summed E-state index contributed by atoms with van der Waals surface area (Å²) in [6, 6.07) is 3.30. The third-order valence-electron chi connectivity index (χ3n) is 3.45. The van der Waals surface area contributed by atoms with Gasteiger partial charge in [-0.2, -0.15) is 5.26 Å². The van der Waals surface area contributed by atoms with E-state index in [-0.39, 0.29) is 17.1 Å². The van der Waals surface area contributed by atoms with Crippen LogP contribution < -0.4 is 5.56 Å². The van der Waals surface area contributed by atoms with Gasteiger partial charge in [0.05, 0.1) is 15.9 Å². The smallest absolute Gasteiger partial charge is 0.277 e. The van der Waals surface area contributed by atoms with Gasteiger partial charge in [0.25, 0.3) is 5.56 Å². The van der Waals surface area contributed by atoms with E-state index in [2.05, 4.69) is 4.98 Å². The van der Waals surface area contributed by atoms with Crippen molar-refractivity contribution in [2.75, 3.05) is 0 Å². The fourth-order valence-corrected chi connectivity index (χ4v) is 3.51. The molecule has 7 heteroatoms. The molecule has 2 heterocycles. The van der Waals surface area contributed by atoms with E-state index >= 15 is 0 Å². The van der Waals surface area contributed by atoms with E-state index in [1.807, 2.05) is 13.0 Å². The molecule has 0 atom stereocenters. The van der Waals surface area contributed by atoms with Gasteiger partial charge in [-0.05, 0) is 13.3 Å². The molecule has 2 aromatic heterocycles. The zero-order chi connectivity index (χ0) is 15.3. The maximum atomic E-state index is 12.5. The molecule has 0 unspecified atom stereocenters. The molecule has 0 spiro atoms. The molecule has 106 valence electrons. The summed E-state index contributed by atoms with van der Waals surface area (Å²) in [6.45, 7) is 3.44. The lowest BCUT2D eigenvalue weighted by Gasteiger charge is -2.05. The Labute approximate surface area is 123 Å². The lowest BCUT2D eigenvalue weighted by Crippen LogP contribution is -2.19. The fourth-order valence-electron chi connectivity index (χ4n) is 2.38. The first kappa shape index (κ1) is 13.4. The summed E-state index contributed by atoms with van der Waals surface area (Å²) in [5.41, 5.74) is 0.885. The van der Waals surface area contributed by atoms with E-state index in [0.717, 1.165) is 0 Å². The van der Waals surface area contributed by atoms with Gasteiger partial charge in [0.15, 0.2) is 16.5 Å². The van der Waals surface area contributed by atoms with Crippen molar-refractivity contribution in [3.63, 3.8) is 0 Å². The first-order chi connectivity index (χ1) is 9.99. The normalized spacial score (nSPS) is 11.1. The number of nitrogens with zero attached hydrogens (tertiary/aromatic N) is 3. The van der Waals surface area contributed by atoms with Crippen LogP contribution in [0, 0.1) is 18.3 Å². The first-order valence-electron chi connectivity index (χ1n) is 6.29. The van der Waals surface area contributed by atoms with Gasteiger partial charge in [0.2, 0.25) is 0 Å². The minimum absolute atomic E-state index is 0.0154. The molecule has 0 saturated heterocycles. The molecule has 1 aromatic carbocycles. The van der Waals surface area contributed by atoms with Crippen LogP contribution in [0.1, 0.15) is 23.7 Å². The minimum Gasteiger partial charge on any atom is -0.504 e. The summed E-state index contributed by atoms with van der Waals surface area (Å²) in [4.78, 5) is 17.3. The highest BCUT2D eigenvalue weighted by atomic mass is 32.1. The van der Waals surface area contributed by atoms with Crippen LogP contribution in [0.25, 0.3) is 15.2 Å². The van der Waals surface area contributed by atoms with Crippen molar-refractivity contribution >= 4 is 26.5 Å². The van der Waals surface area contributed by atoms with Crippen LogP contribution in [-0.4, -0.2) is 19.6 Å². The second-order valence-electron chi connectivity index (χ2n) is 4.64. The summed E-state index contributed by atoms with van der Waals surface area (Å²) in [6.07, 6.45) is 0.484. The Bertz CT molecular complexity index is 995. The van der Waals surface area contributed by atoms with Gasteiger partial charge in [-0.1, -0.05) is 18.3 Å². The molecule has 0 saturated carbocycles. The van der Waals surface area contributed by atoms with E-state index in [9.17, 15) is 20.3 Å². The first-order valence-corrected chi connectivity index (χ1v) is 7.11. The lowest BCUT2D eigenvalue weighted by molar-refractivity contribution is 0.402. The Kier molecular flexibility index (Phi) is 2.85. The molecule has 0 aliphatic rings. The maximum absolute atomic E-state index is 12.5. The number of aromatic nitrogens is 2. The number of thiazole rings is 1. The number of aromatic hydroxyl groups is 2. The largest absolute Gasteiger partial charge is 0.504 e. The van der Waals surface area contributed by atoms with Crippen molar-refractivity contribution in [2.24, 2.45) is 0 Å². The number of aryl methyl sites for hydroxylation is 2. The number of phenolic OH excluding ortho intramolecular Hbond substituents is 2. The van der Waals surface area contributed by atoms with Crippen LogP contribution in [0.2, 0.25) is 0 Å². The summed E-state index contributed by atoms with van der Waals surface area (Å²) in [5, 5.41) is 28.7. The van der Waals surface area contributed by atoms with Crippen molar-refractivity contribution < 1.29 is 10.2 Å². The van der Waals surface area contributed by atoms with Crippen LogP contribution in [0.5, 0.6) is 11.5 Å². The van der Waals surface area contributed by atoms with Gasteiger partial charge in [-0.3, -0.25) is 4.79 Å². The van der Waals surface area contributed by atoms with Gasteiger partial charge in [-0.15, -0.1) is 0 Å². The number of rotatable bonds is 1. The highest BCUT2D eigenvalue weighted by molar-refractivity contribution is 7.23. The van der Waals surface area contributed by atoms with Crippen LogP contribution in [0.3, 0.4) is 0 Å². The summed E-state index contributed by atoms with van der Waals surface area (Å²) in [5.74, 6) is -0.511. The Morgan fingerprint density at radius 2 is 2.19 bits per heavy atom.